The van der Waals surface area contributed by atoms with Crippen LogP contribution in [0.1, 0.15) is 34.8 Å². The van der Waals surface area contributed by atoms with E-state index in [0.717, 1.165) is 52.0 Å². The number of nitrogens with one attached hydrogen (secondary N) is 2. The fraction of sp³-hybridized carbons (Fsp3) is 0.346. The highest BCUT2D eigenvalue weighted by molar-refractivity contribution is 7.17. The third-order valence-electron chi connectivity index (χ3n) is 6.45. The van der Waals surface area contributed by atoms with E-state index in [1.807, 2.05) is 25.4 Å². The lowest BCUT2D eigenvalue weighted by molar-refractivity contribution is 0.0900. The number of carbonyl (C=O) groups excluding carboxylic acids is 1. The van der Waals surface area contributed by atoms with E-state index in [1.165, 1.54) is 21.6 Å². The number of fused-ring (bicyclic) bond motifs is 2. The molecule has 4 aromatic rings. The number of benzene rings is 2. The van der Waals surface area contributed by atoms with E-state index in [2.05, 4.69) is 56.9 Å². The van der Waals surface area contributed by atoms with E-state index < -0.39 is 0 Å². The van der Waals surface area contributed by atoms with Gasteiger partial charge in [-0.3, -0.25) is 4.79 Å². The van der Waals surface area contributed by atoms with Gasteiger partial charge in [-0.05, 0) is 56.2 Å². The molecule has 2 aliphatic rings. The van der Waals surface area contributed by atoms with Gasteiger partial charge in [0, 0.05) is 29.9 Å². The molecule has 7 nitrogen and oxygen atoms in total. The monoisotopic (exact) mass is 505 g/mol. The number of amides is 1. The van der Waals surface area contributed by atoms with Crippen molar-refractivity contribution in [1.29, 1.82) is 0 Å². The number of hydrogen-bond donors (Lipinski definition) is 2. The summed E-state index contributed by atoms with van der Waals surface area (Å²) in [5.74, 6) is -0.0138. The minimum atomic E-state index is -0.266. The number of carbonyl (C=O) groups is 1. The molecule has 0 spiro atoms. The van der Waals surface area contributed by atoms with Crippen molar-refractivity contribution in [2.45, 2.75) is 38.3 Å². The quantitative estimate of drug-likeness (QED) is 0.397. The topological polar surface area (TPSA) is 79.4 Å². The normalized spacial score (nSPS) is 19.4. The van der Waals surface area contributed by atoms with Crippen molar-refractivity contribution in [3.63, 3.8) is 0 Å². The van der Waals surface area contributed by atoms with E-state index in [1.54, 1.807) is 11.3 Å². The number of nitrogens with zero attached hydrogens (tertiary/aromatic N) is 3. The van der Waals surface area contributed by atoms with Gasteiger partial charge in [0.15, 0.2) is 5.13 Å². The summed E-state index contributed by atoms with van der Waals surface area (Å²) in [6, 6.07) is 14.9. The van der Waals surface area contributed by atoms with Crippen LogP contribution in [0.5, 0.6) is 0 Å². The summed E-state index contributed by atoms with van der Waals surface area (Å²) in [5.41, 5.74) is 6.88. The van der Waals surface area contributed by atoms with E-state index in [4.69, 9.17) is 9.72 Å². The maximum atomic E-state index is 12.6. The van der Waals surface area contributed by atoms with Crippen molar-refractivity contribution in [2.75, 3.05) is 30.0 Å². The molecule has 1 unspecified atom stereocenters. The molecule has 0 aliphatic carbocycles. The number of thiazole rings is 2. The molecular formula is C26H27N5O2S2. The third-order valence-corrected chi connectivity index (χ3v) is 8.37. The zero-order valence-corrected chi connectivity index (χ0v) is 21.3. The van der Waals surface area contributed by atoms with Gasteiger partial charge in [0.25, 0.3) is 5.91 Å². The van der Waals surface area contributed by atoms with Crippen LogP contribution in [0.2, 0.25) is 0 Å². The molecule has 35 heavy (non-hydrogen) atoms. The Bertz CT molecular complexity index is 1400. The molecule has 6 rings (SSSR count). The smallest absolute Gasteiger partial charge is 0.263 e. The first-order chi connectivity index (χ1) is 16.9. The molecule has 1 fully saturated rings. The van der Waals surface area contributed by atoms with Crippen LogP contribution >= 0.6 is 22.7 Å². The van der Waals surface area contributed by atoms with Crippen molar-refractivity contribution >= 4 is 55.3 Å². The maximum absolute atomic E-state index is 12.6. The lowest BCUT2D eigenvalue weighted by atomic mass is 9.94. The van der Waals surface area contributed by atoms with Crippen LogP contribution in [0.4, 0.5) is 16.5 Å². The summed E-state index contributed by atoms with van der Waals surface area (Å²) in [7, 11) is 0. The predicted molar refractivity (Wildman–Crippen MR) is 142 cm³/mol. The van der Waals surface area contributed by atoms with Gasteiger partial charge in [-0.2, -0.15) is 0 Å². The molecule has 1 atom stereocenters. The Kier molecular flexibility index (Phi) is 5.70. The Morgan fingerprint density at radius 3 is 3.03 bits per heavy atom. The highest BCUT2D eigenvalue weighted by Gasteiger charge is 2.35. The van der Waals surface area contributed by atoms with Crippen LogP contribution in [-0.2, 0) is 17.6 Å². The number of rotatable bonds is 5. The number of morpholine rings is 1. The Labute approximate surface area is 212 Å². The molecule has 1 saturated heterocycles. The molecule has 2 aromatic heterocycles. The van der Waals surface area contributed by atoms with Crippen LogP contribution in [0.3, 0.4) is 0 Å². The molecular weight excluding hydrogens is 478 g/mol. The molecule has 0 saturated carbocycles. The number of ether oxygens (including phenoxy) is 1. The molecule has 1 amide bonds. The Morgan fingerprint density at radius 1 is 1.23 bits per heavy atom. The summed E-state index contributed by atoms with van der Waals surface area (Å²) in [4.78, 5) is 25.0. The average molecular weight is 506 g/mol. The molecule has 180 valence electrons. The SMILES string of the molecule is CC1(C)Cc2nc(N3CCOCC3Cc3cccc(Nc4ccc5ncsc5c4)c3)sc2C(=O)N1. The lowest BCUT2D eigenvalue weighted by Crippen LogP contribution is -2.48. The Balaban J connectivity index is 1.21. The first-order valence-corrected chi connectivity index (χ1v) is 13.5. The Morgan fingerprint density at radius 2 is 2.11 bits per heavy atom. The van der Waals surface area contributed by atoms with Crippen molar-refractivity contribution < 1.29 is 9.53 Å². The van der Waals surface area contributed by atoms with Crippen molar-refractivity contribution in [3.05, 3.63) is 64.1 Å². The average Bonchev–Trinajstić information content (AvgIpc) is 3.46. The lowest BCUT2D eigenvalue weighted by Gasteiger charge is -2.35. The second kappa shape index (κ2) is 8.89. The molecule has 4 heterocycles. The van der Waals surface area contributed by atoms with Gasteiger partial charge in [0.1, 0.15) is 4.88 Å². The number of aromatic nitrogens is 2. The van der Waals surface area contributed by atoms with Crippen LogP contribution < -0.4 is 15.5 Å². The van der Waals surface area contributed by atoms with Gasteiger partial charge in [-0.1, -0.05) is 23.5 Å². The summed E-state index contributed by atoms with van der Waals surface area (Å²) in [5, 5.41) is 7.54. The second-order valence-corrected chi connectivity index (χ2v) is 11.6. The highest BCUT2D eigenvalue weighted by Crippen LogP contribution is 2.34. The van der Waals surface area contributed by atoms with E-state index >= 15 is 0 Å². The van der Waals surface area contributed by atoms with Gasteiger partial charge >= 0.3 is 0 Å². The number of hydrogen-bond acceptors (Lipinski definition) is 8. The zero-order valence-electron chi connectivity index (χ0n) is 19.7. The number of anilines is 3. The first kappa shape index (κ1) is 22.5. The third kappa shape index (κ3) is 4.63. The van der Waals surface area contributed by atoms with E-state index in [-0.39, 0.29) is 17.5 Å². The highest BCUT2D eigenvalue weighted by atomic mass is 32.1. The van der Waals surface area contributed by atoms with Gasteiger partial charge in [-0.15, -0.1) is 11.3 Å². The van der Waals surface area contributed by atoms with Crippen LogP contribution in [0.15, 0.2) is 48.0 Å². The molecule has 0 bridgehead atoms. The van der Waals surface area contributed by atoms with Gasteiger partial charge in [0.05, 0.1) is 40.7 Å². The van der Waals surface area contributed by atoms with E-state index in [9.17, 15) is 4.79 Å². The minimum absolute atomic E-state index is 0.0138. The summed E-state index contributed by atoms with van der Waals surface area (Å²) < 4.78 is 7.03. The van der Waals surface area contributed by atoms with Gasteiger partial charge < -0.3 is 20.3 Å². The second-order valence-electron chi connectivity index (χ2n) is 9.77. The maximum Gasteiger partial charge on any atom is 0.263 e. The van der Waals surface area contributed by atoms with Crippen LogP contribution in [0.25, 0.3) is 10.2 Å². The van der Waals surface area contributed by atoms with Crippen molar-refractivity contribution in [2.24, 2.45) is 0 Å². The fourth-order valence-corrected chi connectivity index (χ4v) is 6.60. The van der Waals surface area contributed by atoms with Gasteiger partial charge in [-0.25, -0.2) is 9.97 Å². The molecule has 2 aliphatic heterocycles. The van der Waals surface area contributed by atoms with Crippen molar-refractivity contribution in [1.82, 2.24) is 15.3 Å². The molecule has 2 N–H and O–H groups in total. The van der Waals surface area contributed by atoms with Crippen LogP contribution in [-0.4, -0.2) is 47.2 Å². The Hall–Kier alpha value is -3.01. The summed E-state index contributed by atoms with van der Waals surface area (Å²) in [6.45, 7) is 6.16. The fourth-order valence-electron chi connectivity index (χ4n) is 4.81. The summed E-state index contributed by atoms with van der Waals surface area (Å²) >= 11 is 3.15. The summed E-state index contributed by atoms with van der Waals surface area (Å²) in [6.07, 6.45) is 1.59. The molecule has 9 heteroatoms. The molecule has 0 radical (unpaired) electrons. The van der Waals surface area contributed by atoms with Crippen LogP contribution in [0, 0.1) is 0 Å². The first-order valence-electron chi connectivity index (χ1n) is 11.8. The largest absolute Gasteiger partial charge is 0.377 e. The standard InChI is InChI=1S/C26H27N5O2S2/c1-26(2)13-21-23(24(32)30-26)35-25(29-21)31-8-9-33-14-19(31)11-16-4-3-5-17(10-16)28-18-6-7-20-22(12-18)34-15-27-20/h3-7,10,12,15,19,28H,8-9,11,13-14H2,1-2H3,(H,30,32). The molecule has 2 aromatic carbocycles. The van der Waals surface area contributed by atoms with Gasteiger partial charge in [0.2, 0.25) is 0 Å². The minimum Gasteiger partial charge on any atom is -0.377 e. The zero-order chi connectivity index (χ0) is 24.0. The van der Waals surface area contributed by atoms with E-state index in [0.29, 0.717) is 13.2 Å². The van der Waals surface area contributed by atoms with Crippen molar-refractivity contribution in [3.8, 4) is 0 Å². The predicted octanol–water partition coefficient (Wildman–Crippen LogP) is 5.01.